The number of carbonyl (C=O) groups is 1. The molecule has 0 saturated carbocycles. The Bertz CT molecular complexity index is 1280. The van der Waals surface area contributed by atoms with Crippen LogP contribution in [0, 0.1) is 20.8 Å². The monoisotopic (exact) mass is 439 g/mol. The van der Waals surface area contributed by atoms with Crippen molar-refractivity contribution in [1.82, 2.24) is 15.0 Å². The molecule has 0 bridgehead atoms. The molecule has 8 nitrogen and oxygen atoms in total. The number of carboxylic acid groups (broad SMARTS) is 1. The summed E-state index contributed by atoms with van der Waals surface area (Å²) in [5, 5.41) is 9.42. The largest absolute Gasteiger partial charge is 0.481 e. The Balaban J connectivity index is 1.64. The Morgan fingerprint density at radius 1 is 1.16 bits per heavy atom. The summed E-state index contributed by atoms with van der Waals surface area (Å²) in [5.74, 6) is 0.396. The molecule has 31 heavy (non-hydrogen) atoms. The molecular formula is C22H18ClN3O5. The Kier molecular flexibility index (Phi) is 5.48. The van der Waals surface area contributed by atoms with Crippen LogP contribution < -0.4 is 9.47 Å². The third-order valence-electron chi connectivity index (χ3n) is 4.60. The molecule has 0 aliphatic heterocycles. The maximum atomic E-state index is 10.8. The number of aromatic nitrogens is 3. The minimum atomic E-state index is -1.04. The van der Waals surface area contributed by atoms with Gasteiger partial charge in [0.05, 0.1) is 6.20 Å². The van der Waals surface area contributed by atoms with E-state index >= 15 is 0 Å². The number of aliphatic carboxylic acids is 1. The number of ether oxygens (including phenoxy) is 2. The fraction of sp³-hybridized carbons (Fsp3) is 0.182. The van der Waals surface area contributed by atoms with Crippen LogP contribution in [-0.2, 0) is 4.79 Å². The summed E-state index contributed by atoms with van der Waals surface area (Å²) in [5.41, 5.74) is 3.79. The van der Waals surface area contributed by atoms with Gasteiger partial charge in [0.1, 0.15) is 17.0 Å². The molecule has 0 unspecified atom stereocenters. The van der Waals surface area contributed by atoms with Crippen LogP contribution in [0.3, 0.4) is 0 Å². The zero-order valence-corrected chi connectivity index (χ0v) is 17.7. The van der Waals surface area contributed by atoms with Crippen LogP contribution in [0.4, 0.5) is 0 Å². The number of hydrogen-bond donors (Lipinski definition) is 1. The average molecular weight is 440 g/mol. The second-order valence-corrected chi connectivity index (χ2v) is 7.36. The molecule has 9 heteroatoms. The SMILES string of the molecule is Cc1cc(-c2nc3cnc(Oc4cccc(Cl)c4C)nc3o2)cc(C)c1OCC(=O)O. The third kappa shape index (κ3) is 4.29. The van der Waals surface area contributed by atoms with Gasteiger partial charge in [-0.15, -0.1) is 0 Å². The molecule has 2 aromatic heterocycles. The number of nitrogens with zero attached hydrogens (tertiary/aromatic N) is 3. The number of hydrogen-bond acceptors (Lipinski definition) is 7. The first-order valence-electron chi connectivity index (χ1n) is 9.34. The van der Waals surface area contributed by atoms with Crippen molar-refractivity contribution in [1.29, 1.82) is 0 Å². The molecule has 0 aliphatic rings. The van der Waals surface area contributed by atoms with Gasteiger partial charge in [0.2, 0.25) is 5.89 Å². The van der Waals surface area contributed by atoms with E-state index in [0.717, 1.165) is 16.7 Å². The van der Waals surface area contributed by atoms with E-state index in [1.807, 2.05) is 32.9 Å². The fourth-order valence-electron chi connectivity index (χ4n) is 3.12. The van der Waals surface area contributed by atoms with Gasteiger partial charge in [-0.3, -0.25) is 0 Å². The maximum absolute atomic E-state index is 10.8. The highest BCUT2D eigenvalue weighted by atomic mass is 35.5. The van der Waals surface area contributed by atoms with E-state index in [4.69, 9.17) is 30.6 Å². The van der Waals surface area contributed by atoms with Crippen LogP contribution in [0.25, 0.3) is 22.7 Å². The fourth-order valence-corrected chi connectivity index (χ4v) is 3.29. The summed E-state index contributed by atoms with van der Waals surface area (Å²) >= 11 is 6.13. The number of benzene rings is 2. The van der Waals surface area contributed by atoms with Crippen LogP contribution in [0.15, 0.2) is 40.9 Å². The normalized spacial score (nSPS) is 11.0. The molecule has 158 valence electrons. The Morgan fingerprint density at radius 3 is 2.61 bits per heavy atom. The Morgan fingerprint density at radius 2 is 1.90 bits per heavy atom. The molecule has 0 fully saturated rings. The summed E-state index contributed by atoms with van der Waals surface area (Å²) in [7, 11) is 0. The van der Waals surface area contributed by atoms with Crippen molar-refractivity contribution in [3.63, 3.8) is 0 Å². The van der Waals surface area contributed by atoms with E-state index < -0.39 is 12.6 Å². The minimum absolute atomic E-state index is 0.116. The summed E-state index contributed by atoms with van der Waals surface area (Å²) in [6, 6.07) is 9.08. The summed E-state index contributed by atoms with van der Waals surface area (Å²) in [6.07, 6.45) is 1.52. The second kappa shape index (κ2) is 8.23. The number of fused-ring (bicyclic) bond motifs is 1. The lowest BCUT2D eigenvalue weighted by Gasteiger charge is -2.11. The molecule has 0 radical (unpaired) electrons. The molecule has 0 aliphatic carbocycles. The highest BCUT2D eigenvalue weighted by molar-refractivity contribution is 6.31. The smallest absolute Gasteiger partial charge is 0.341 e. The molecule has 4 rings (SSSR count). The van der Waals surface area contributed by atoms with Crippen molar-refractivity contribution < 1.29 is 23.8 Å². The quantitative estimate of drug-likeness (QED) is 0.441. The lowest BCUT2D eigenvalue weighted by atomic mass is 10.1. The Hall–Kier alpha value is -3.65. The average Bonchev–Trinajstić information content (AvgIpc) is 3.14. The first-order valence-corrected chi connectivity index (χ1v) is 9.72. The topological polar surface area (TPSA) is 108 Å². The van der Waals surface area contributed by atoms with Gasteiger partial charge >= 0.3 is 12.0 Å². The zero-order chi connectivity index (χ0) is 22.1. The number of oxazole rings is 1. The third-order valence-corrected chi connectivity index (χ3v) is 5.00. The van der Waals surface area contributed by atoms with Gasteiger partial charge in [-0.1, -0.05) is 17.7 Å². The number of rotatable bonds is 6. The van der Waals surface area contributed by atoms with Crippen molar-refractivity contribution in [3.8, 4) is 29.0 Å². The molecule has 0 saturated heterocycles. The van der Waals surface area contributed by atoms with Gasteiger partial charge in [0.25, 0.3) is 5.71 Å². The van der Waals surface area contributed by atoms with E-state index in [2.05, 4.69) is 15.0 Å². The molecule has 2 heterocycles. The zero-order valence-electron chi connectivity index (χ0n) is 17.0. The lowest BCUT2D eigenvalue weighted by molar-refractivity contribution is -0.139. The number of halogens is 1. The first-order chi connectivity index (χ1) is 14.8. The Labute approximate surface area is 182 Å². The van der Waals surface area contributed by atoms with Gasteiger partial charge < -0.3 is 19.0 Å². The van der Waals surface area contributed by atoms with E-state index in [1.165, 1.54) is 6.20 Å². The maximum Gasteiger partial charge on any atom is 0.341 e. The molecule has 0 atom stereocenters. The van der Waals surface area contributed by atoms with Crippen LogP contribution >= 0.6 is 11.6 Å². The molecule has 4 aromatic rings. The lowest BCUT2D eigenvalue weighted by Crippen LogP contribution is -2.10. The van der Waals surface area contributed by atoms with Crippen LogP contribution in [0.1, 0.15) is 16.7 Å². The van der Waals surface area contributed by atoms with Crippen LogP contribution in [0.2, 0.25) is 5.02 Å². The minimum Gasteiger partial charge on any atom is -0.481 e. The van der Waals surface area contributed by atoms with E-state index in [1.54, 1.807) is 18.2 Å². The second-order valence-electron chi connectivity index (χ2n) is 6.95. The van der Waals surface area contributed by atoms with Crippen molar-refractivity contribution in [3.05, 3.63) is 58.2 Å². The van der Waals surface area contributed by atoms with Gasteiger partial charge in [-0.2, -0.15) is 4.98 Å². The number of aryl methyl sites for hydroxylation is 2. The van der Waals surface area contributed by atoms with E-state index in [9.17, 15) is 4.79 Å². The van der Waals surface area contributed by atoms with E-state index in [-0.39, 0.29) is 11.7 Å². The van der Waals surface area contributed by atoms with Crippen molar-refractivity contribution in [2.24, 2.45) is 0 Å². The molecule has 2 aromatic carbocycles. The van der Waals surface area contributed by atoms with Crippen LogP contribution in [-0.4, -0.2) is 32.6 Å². The summed E-state index contributed by atoms with van der Waals surface area (Å²) in [6.45, 7) is 5.09. The van der Waals surface area contributed by atoms with Gasteiger partial charge in [0.15, 0.2) is 6.61 Å². The van der Waals surface area contributed by atoms with E-state index in [0.29, 0.717) is 33.5 Å². The summed E-state index contributed by atoms with van der Waals surface area (Å²) in [4.78, 5) is 23.7. The molecular weight excluding hydrogens is 422 g/mol. The summed E-state index contributed by atoms with van der Waals surface area (Å²) < 4.78 is 17.0. The first kappa shape index (κ1) is 20.6. The van der Waals surface area contributed by atoms with Gasteiger partial charge in [-0.25, -0.2) is 14.8 Å². The molecule has 0 spiro atoms. The van der Waals surface area contributed by atoms with Crippen molar-refractivity contribution >= 4 is 28.8 Å². The number of carboxylic acids is 1. The highest BCUT2D eigenvalue weighted by Crippen LogP contribution is 2.32. The van der Waals surface area contributed by atoms with Crippen LogP contribution in [0.5, 0.6) is 17.5 Å². The van der Waals surface area contributed by atoms with Crippen molar-refractivity contribution in [2.75, 3.05) is 6.61 Å². The highest BCUT2D eigenvalue weighted by Gasteiger charge is 2.16. The molecule has 0 amide bonds. The van der Waals surface area contributed by atoms with Gasteiger partial charge in [-0.05, 0) is 56.2 Å². The predicted molar refractivity (Wildman–Crippen MR) is 114 cm³/mol. The predicted octanol–water partition coefficient (Wildman–Crippen LogP) is 5.12. The van der Waals surface area contributed by atoms with Crippen molar-refractivity contribution in [2.45, 2.75) is 20.8 Å². The molecule has 1 N–H and O–H groups in total. The van der Waals surface area contributed by atoms with Gasteiger partial charge in [0, 0.05) is 16.1 Å². The standard InChI is InChI=1S/C22H18ClN3O5/c1-11-7-14(8-12(2)19(11)29-10-18(27)28)20-25-16-9-24-22(26-21(16)31-20)30-17-6-4-5-15(23)13(17)3/h4-9H,10H2,1-3H3,(H,27,28).